The van der Waals surface area contributed by atoms with Crippen LogP contribution in [-0.2, 0) is 15.4 Å². The molecular formula is C17H22N2O3S. The van der Waals surface area contributed by atoms with Gasteiger partial charge in [0.25, 0.3) is 0 Å². The average Bonchev–Trinajstić information content (AvgIpc) is 2.53. The van der Waals surface area contributed by atoms with Crippen molar-refractivity contribution in [2.75, 3.05) is 6.61 Å². The van der Waals surface area contributed by atoms with Crippen LogP contribution in [0.25, 0.3) is 0 Å². The molecule has 0 aliphatic carbocycles. The first-order chi connectivity index (χ1) is 10.7. The summed E-state index contributed by atoms with van der Waals surface area (Å²) in [5.41, 5.74) is 1.63. The Kier molecular flexibility index (Phi) is 5.19. The van der Waals surface area contributed by atoms with E-state index in [1.807, 2.05) is 12.1 Å². The van der Waals surface area contributed by atoms with Crippen molar-refractivity contribution in [2.24, 2.45) is 0 Å². The van der Waals surface area contributed by atoms with E-state index < -0.39 is 16.1 Å². The first-order valence-electron chi connectivity index (χ1n) is 7.38. The second-order valence-corrected chi connectivity index (χ2v) is 8.13. The zero-order valence-corrected chi connectivity index (χ0v) is 14.3. The summed E-state index contributed by atoms with van der Waals surface area (Å²) in [6.45, 7) is 5.86. The quantitative estimate of drug-likeness (QED) is 0.880. The van der Waals surface area contributed by atoms with Crippen LogP contribution in [0.4, 0.5) is 0 Å². The van der Waals surface area contributed by atoms with Gasteiger partial charge < -0.3 is 5.11 Å². The Labute approximate surface area is 137 Å². The average molecular weight is 334 g/mol. The van der Waals surface area contributed by atoms with Gasteiger partial charge in [0.1, 0.15) is 0 Å². The molecule has 6 heteroatoms. The zero-order chi connectivity index (χ0) is 17.1. The zero-order valence-electron chi connectivity index (χ0n) is 13.5. The highest BCUT2D eigenvalue weighted by Crippen LogP contribution is 2.24. The van der Waals surface area contributed by atoms with Crippen LogP contribution < -0.4 is 4.72 Å². The Bertz CT molecular complexity index is 736. The SMILES string of the molecule is CC(C)(C)c1ccc(S(=O)(=O)NC(CO)c2cccnc2)cc1. The van der Waals surface area contributed by atoms with Crippen LogP contribution in [0.5, 0.6) is 0 Å². The predicted molar refractivity (Wildman–Crippen MR) is 89.5 cm³/mol. The third kappa shape index (κ3) is 4.37. The minimum Gasteiger partial charge on any atom is -0.394 e. The molecule has 2 aromatic rings. The molecule has 1 unspecified atom stereocenters. The van der Waals surface area contributed by atoms with E-state index in [0.29, 0.717) is 5.56 Å². The lowest BCUT2D eigenvalue weighted by atomic mass is 9.87. The summed E-state index contributed by atoms with van der Waals surface area (Å²) in [7, 11) is -3.72. The second-order valence-electron chi connectivity index (χ2n) is 6.42. The van der Waals surface area contributed by atoms with E-state index in [2.05, 4.69) is 30.5 Å². The van der Waals surface area contributed by atoms with E-state index in [4.69, 9.17) is 0 Å². The number of hydrogen-bond donors (Lipinski definition) is 2. The minimum atomic E-state index is -3.72. The van der Waals surface area contributed by atoms with Crippen LogP contribution in [0.2, 0.25) is 0 Å². The van der Waals surface area contributed by atoms with E-state index in [1.165, 1.54) is 6.20 Å². The molecule has 1 aromatic heterocycles. The number of nitrogens with one attached hydrogen (secondary N) is 1. The summed E-state index contributed by atoms with van der Waals surface area (Å²) >= 11 is 0. The topological polar surface area (TPSA) is 79.3 Å². The van der Waals surface area contributed by atoms with Crippen molar-refractivity contribution in [3.05, 3.63) is 59.9 Å². The van der Waals surface area contributed by atoms with Crippen molar-refractivity contribution in [3.8, 4) is 0 Å². The van der Waals surface area contributed by atoms with Gasteiger partial charge in [0.2, 0.25) is 10.0 Å². The van der Waals surface area contributed by atoms with Gasteiger partial charge in [0.15, 0.2) is 0 Å². The number of nitrogens with zero attached hydrogens (tertiary/aromatic N) is 1. The van der Waals surface area contributed by atoms with Gasteiger partial charge in [0, 0.05) is 12.4 Å². The molecular weight excluding hydrogens is 312 g/mol. The number of aliphatic hydroxyl groups is 1. The Hall–Kier alpha value is -1.76. The van der Waals surface area contributed by atoms with Crippen LogP contribution in [0.15, 0.2) is 53.7 Å². The van der Waals surface area contributed by atoms with Crippen molar-refractivity contribution >= 4 is 10.0 Å². The van der Waals surface area contributed by atoms with E-state index in [9.17, 15) is 13.5 Å². The smallest absolute Gasteiger partial charge is 0.241 e. The van der Waals surface area contributed by atoms with E-state index >= 15 is 0 Å². The van der Waals surface area contributed by atoms with Crippen molar-refractivity contribution in [3.63, 3.8) is 0 Å². The summed E-state index contributed by atoms with van der Waals surface area (Å²) in [6, 6.07) is 9.49. The molecule has 2 rings (SSSR count). The van der Waals surface area contributed by atoms with Crippen LogP contribution >= 0.6 is 0 Å². The molecule has 0 aliphatic rings. The molecule has 0 spiro atoms. The molecule has 0 saturated carbocycles. The van der Waals surface area contributed by atoms with Gasteiger partial charge in [0.05, 0.1) is 17.5 Å². The highest BCUT2D eigenvalue weighted by Gasteiger charge is 2.22. The number of pyridine rings is 1. The molecule has 0 aliphatic heterocycles. The first kappa shape index (κ1) is 17.6. The lowest BCUT2D eigenvalue weighted by Crippen LogP contribution is -2.31. The minimum absolute atomic E-state index is 0.0426. The third-order valence-electron chi connectivity index (χ3n) is 3.60. The number of benzene rings is 1. The van der Waals surface area contributed by atoms with Gasteiger partial charge in [-0.25, -0.2) is 13.1 Å². The molecule has 23 heavy (non-hydrogen) atoms. The van der Waals surface area contributed by atoms with Gasteiger partial charge in [-0.3, -0.25) is 4.98 Å². The number of aromatic nitrogens is 1. The number of hydrogen-bond acceptors (Lipinski definition) is 4. The molecule has 0 bridgehead atoms. The summed E-state index contributed by atoms with van der Waals surface area (Å²) < 4.78 is 27.5. The van der Waals surface area contributed by atoms with Gasteiger partial charge in [-0.1, -0.05) is 39.0 Å². The summed E-state index contributed by atoms with van der Waals surface area (Å²) in [6.07, 6.45) is 3.13. The molecule has 1 atom stereocenters. The Balaban J connectivity index is 2.24. The molecule has 2 N–H and O–H groups in total. The van der Waals surface area contributed by atoms with Crippen molar-refractivity contribution in [2.45, 2.75) is 37.1 Å². The normalized spacial score (nSPS) is 13.7. The maximum absolute atomic E-state index is 12.5. The number of aliphatic hydroxyl groups excluding tert-OH is 1. The summed E-state index contributed by atoms with van der Waals surface area (Å²) in [4.78, 5) is 4.12. The summed E-state index contributed by atoms with van der Waals surface area (Å²) in [5.74, 6) is 0. The maximum atomic E-state index is 12.5. The highest BCUT2D eigenvalue weighted by atomic mass is 32.2. The monoisotopic (exact) mass is 334 g/mol. The van der Waals surface area contributed by atoms with Crippen molar-refractivity contribution in [1.29, 1.82) is 0 Å². The Morgan fingerprint density at radius 1 is 1.17 bits per heavy atom. The fourth-order valence-corrected chi connectivity index (χ4v) is 3.40. The standard InChI is InChI=1S/C17H22N2O3S/c1-17(2,3)14-6-8-15(9-7-14)23(21,22)19-16(12-20)13-5-4-10-18-11-13/h4-11,16,19-20H,12H2,1-3H3. The molecule has 1 aromatic carbocycles. The van der Waals surface area contributed by atoms with E-state index in [0.717, 1.165) is 5.56 Å². The van der Waals surface area contributed by atoms with Gasteiger partial charge in [-0.15, -0.1) is 0 Å². The molecule has 1 heterocycles. The summed E-state index contributed by atoms with van der Waals surface area (Å²) in [5, 5.41) is 9.49. The van der Waals surface area contributed by atoms with E-state index in [1.54, 1.807) is 30.5 Å². The van der Waals surface area contributed by atoms with Gasteiger partial charge >= 0.3 is 0 Å². The van der Waals surface area contributed by atoms with Crippen LogP contribution in [0.1, 0.15) is 37.9 Å². The fraction of sp³-hybridized carbons (Fsp3) is 0.353. The largest absolute Gasteiger partial charge is 0.394 e. The fourth-order valence-electron chi connectivity index (χ4n) is 2.18. The molecule has 124 valence electrons. The molecule has 5 nitrogen and oxygen atoms in total. The molecule has 0 saturated heterocycles. The van der Waals surface area contributed by atoms with Gasteiger partial charge in [-0.05, 0) is 34.7 Å². The Morgan fingerprint density at radius 2 is 1.83 bits per heavy atom. The first-order valence-corrected chi connectivity index (χ1v) is 8.86. The molecule has 0 radical (unpaired) electrons. The van der Waals surface area contributed by atoms with E-state index in [-0.39, 0.29) is 16.9 Å². The second kappa shape index (κ2) is 6.78. The number of rotatable bonds is 5. The maximum Gasteiger partial charge on any atom is 0.241 e. The predicted octanol–water partition coefficient (Wildman–Crippen LogP) is 2.39. The van der Waals surface area contributed by atoms with Crippen molar-refractivity contribution in [1.82, 2.24) is 9.71 Å². The van der Waals surface area contributed by atoms with Crippen LogP contribution in [-0.4, -0.2) is 25.1 Å². The lowest BCUT2D eigenvalue weighted by Gasteiger charge is -2.20. The van der Waals surface area contributed by atoms with Gasteiger partial charge in [-0.2, -0.15) is 0 Å². The Morgan fingerprint density at radius 3 is 2.30 bits per heavy atom. The third-order valence-corrected chi connectivity index (χ3v) is 5.08. The molecule has 0 amide bonds. The highest BCUT2D eigenvalue weighted by molar-refractivity contribution is 7.89. The van der Waals surface area contributed by atoms with Crippen LogP contribution in [0, 0.1) is 0 Å². The van der Waals surface area contributed by atoms with Crippen molar-refractivity contribution < 1.29 is 13.5 Å². The molecule has 0 fully saturated rings. The van der Waals surface area contributed by atoms with Crippen LogP contribution in [0.3, 0.4) is 0 Å². The number of sulfonamides is 1. The lowest BCUT2D eigenvalue weighted by molar-refractivity contribution is 0.258.